The van der Waals surface area contributed by atoms with Crippen LogP contribution in [0.15, 0.2) is 46.0 Å². The highest BCUT2D eigenvalue weighted by Crippen LogP contribution is 2.28. The number of hydrogen-bond donors (Lipinski definition) is 2. The van der Waals surface area contributed by atoms with Crippen molar-refractivity contribution in [3.8, 4) is 0 Å². The van der Waals surface area contributed by atoms with Gasteiger partial charge >= 0.3 is 0 Å². The second-order valence-electron chi connectivity index (χ2n) is 8.12. The zero-order valence-electron chi connectivity index (χ0n) is 19.1. The van der Waals surface area contributed by atoms with E-state index in [1.807, 2.05) is 13.8 Å². The Balaban J connectivity index is 1.71. The molecule has 3 rings (SSSR count). The largest absolute Gasteiger partial charge is 0.342 e. The maximum absolute atomic E-state index is 14.0. The van der Waals surface area contributed by atoms with Gasteiger partial charge in [0.05, 0.1) is 28.1 Å². The van der Waals surface area contributed by atoms with E-state index in [9.17, 15) is 18.4 Å². The maximum atomic E-state index is 14.0. The lowest BCUT2D eigenvalue weighted by molar-refractivity contribution is -0.113. The molecule has 0 fully saturated rings. The van der Waals surface area contributed by atoms with Crippen LogP contribution in [0.1, 0.15) is 42.5 Å². The molecule has 1 aromatic heterocycles. The van der Waals surface area contributed by atoms with Crippen LogP contribution in [0.25, 0.3) is 0 Å². The molecule has 2 amide bonds. The second-order valence-corrected chi connectivity index (χ2v) is 10.3. The summed E-state index contributed by atoms with van der Waals surface area (Å²) in [7, 11) is 1.74. The molecule has 0 aliphatic rings. The van der Waals surface area contributed by atoms with Gasteiger partial charge in [-0.05, 0) is 46.5 Å². The lowest BCUT2D eigenvalue weighted by atomic mass is 10.0. The summed E-state index contributed by atoms with van der Waals surface area (Å²) in [6, 6.07) is 8.08. The highest BCUT2D eigenvalue weighted by molar-refractivity contribution is 9.10. The smallest absolute Gasteiger partial charge is 0.253 e. The fourth-order valence-corrected chi connectivity index (χ4v) is 4.75. The first-order chi connectivity index (χ1) is 16.6. The first-order valence-electron chi connectivity index (χ1n) is 10.6. The summed E-state index contributed by atoms with van der Waals surface area (Å²) in [6.45, 7) is 4.05. The van der Waals surface area contributed by atoms with Gasteiger partial charge < -0.3 is 15.2 Å². The SMILES string of the molecule is CC(C)C[C@H](NC(=O)c1ccccc1Cl)c1nnc(SCC(=O)Nc2c(F)cc(F)cc2Br)n1C. The summed E-state index contributed by atoms with van der Waals surface area (Å²) in [5, 5.41) is 14.6. The van der Waals surface area contributed by atoms with E-state index in [0.29, 0.717) is 34.1 Å². The number of halogens is 4. The minimum atomic E-state index is -0.887. The summed E-state index contributed by atoms with van der Waals surface area (Å²) in [6.07, 6.45) is 0.602. The molecule has 1 heterocycles. The van der Waals surface area contributed by atoms with E-state index < -0.39 is 23.6 Å². The molecule has 0 aliphatic carbocycles. The normalized spacial score (nSPS) is 12.0. The van der Waals surface area contributed by atoms with Crippen molar-refractivity contribution >= 4 is 56.8 Å². The number of carbonyl (C=O) groups is 2. The van der Waals surface area contributed by atoms with Crippen LogP contribution in [0.2, 0.25) is 5.02 Å². The molecule has 2 N–H and O–H groups in total. The van der Waals surface area contributed by atoms with Crippen molar-refractivity contribution in [3.05, 3.63) is 68.9 Å². The predicted octanol–water partition coefficient (Wildman–Crippen LogP) is 5.76. The lowest BCUT2D eigenvalue weighted by Crippen LogP contribution is -2.31. The molecule has 2 aromatic carbocycles. The Morgan fingerprint density at radius 2 is 1.91 bits per heavy atom. The Hall–Kier alpha value is -2.50. The number of amides is 2. The first-order valence-corrected chi connectivity index (χ1v) is 12.7. The van der Waals surface area contributed by atoms with Crippen LogP contribution in [0.4, 0.5) is 14.5 Å². The number of rotatable bonds is 9. The van der Waals surface area contributed by atoms with Crippen molar-refractivity contribution in [2.75, 3.05) is 11.1 Å². The molecule has 35 heavy (non-hydrogen) atoms. The van der Waals surface area contributed by atoms with E-state index in [2.05, 4.69) is 36.8 Å². The lowest BCUT2D eigenvalue weighted by Gasteiger charge is -2.20. The van der Waals surface area contributed by atoms with Crippen molar-refractivity contribution in [3.63, 3.8) is 0 Å². The van der Waals surface area contributed by atoms with Gasteiger partial charge in [-0.2, -0.15) is 0 Å². The van der Waals surface area contributed by atoms with Crippen LogP contribution < -0.4 is 10.6 Å². The van der Waals surface area contributed by atoms with Gasteiger partial charge in [-0.1, -0.05) is 49.3 Å². The Bertz CT molecular complexity index is 1220. The van der Waals surface area contributed by atoms with Crippen LogP contribution in [-0.4, -0.2) is 32.3 Å². The molecule has 7 nitrogen and oxygen atoms in total. The van der Waals surface area contributed by atoms with Gasteiger partial charge in [-0.25, -0.2) is 8.78 Å². The van der Waals surface area contributed by atoms with E-state index >= 15 is 0 Å². The number of anilines is 1. The third kappa shape index (κ3) is 7.02. The van der Waals surface area contributed by atoms with Crippen molar-refractivity contribution in [1.82, 2.24) is 20.1 Å². The summed E-state index contributed by atoms with van der Waals surface area (Å²) in [5.41, 5.74) is 0.213. The molecule has 0 spiro atoms. The molecule has 0 aliphatic heterocycles. The monoisotopic (exact) mass is 585 g/mol. The van der Waals surface area contributed by atoms with E-state index in [1.54, 1.807) is 35.9 Å². The molecule has 0 radical (unpaired) electrons. The molecule has 3 aromatic rings. The Morgan fingerprint density at radius 3 is 2.57 bits per heavy atom. The number of nitrogens with one attached hydrogen (secondary N) is 2. The van der Waals surface area contributed by atoms with E-state index in [1.165, 1.54) is 0 Å². The summed E-state index contributed by atoms with van der Waals surface area (Å²) >= 11 is 10.3. The van der Waals surface area contributed by atoms with Gasteiger partial charge in [0, 0.05) is 17.6 Å². The number of aromatic nitrogens is 3. The topological polar surface area (TPSA) is 88.9 Å². The van der Waals surface area contributed by atoms with Gasteiger partial charge in [0.15, 0.2) is 16.8 Å². The Labute approximate surface area is 219 Å². The van der Waals surface area contributed by atoms with E-state index in [-0.39, 0.29) is 27.7 Å². The van der Waals surface area contributed by atoms with E-state index in [4.69, 9.17) is 11.6 Å². The number of thioether (sulfide) groups is 1. The Morgan fingerprint density at radius 1 is 1.20 bits per heavy atom. The average molecular weight is 587 g/mol. The highest BCUT2D eigenvalue weighted by atomic mass is 79.9. The van der Waals surface area contributed by atoms with Crippen LogP contribution in [-0.2, 0) is 11.8 Å². The molecular weight excluding hydrogens is 564 g/mol. The zero-order chi connectivity index (χ0) is 25.7. The van der Waals surface area contributed by atoms with Gasteiger partial charge in [0.25, 0.3) is 5.91 Å². The molecule has 0 unspecified atom stereocenters. The maximum Gasteiger partial charge on any atom is 0.253 e. The Kier molecular flexibility index (Phi) is 9.26. The van der Waals surface area contributed by atoms with Crippen molar-refractivity contribution < 1.29 is 18.4 Å². The van der Waals surface area contributed by atoms with Crippen molar-refractivity contribution in [1.29, 1.82) is 0 Å². The van der Waals surface area contributed by atoms with Crippen LogP contribution >= 0.6 is 39.3 Å². The van der Waals surface area contributed by atoms with Gasteiger partial charge in [-0.15, -0.1) is 10.2 Å². The van der Waals surface area contributed by atoms with E-state index in [0.717, 1.165) is 17.8 Å². The minimum absolute atomic E-state index is 0.0872. The third-order valence-electron chi connectivity index (χ3n) is 4.91. The fraction of sp³-hybridized carbons (Fsp3) is 0.304. The quantitative estimate of drug-likeness (QED) is 0.312. The molecule has 1 atom stereocenters. The number of carbonyl (C=O) groups excluding carboxylic acids is 2. The first kappa shape index (κ1) is 27.1. The molecule has 0 saturated heterocycles. The minimum Gasteiger partial charge on any atom is -0.342 e. The number of nitrogens with zero attached hydrogens (tertiary/aromatic N) is 3. The molecular formula is C23H23BrClF2N5O2S. The molecule has 0 saturated carbocycles. The second kappa shape index (κ2) is 12.0. The average Bonchev–Trinajstić information content (AvgIpc) is 3.14. The predicted molar refractivity (Wildman–Crippen MR) is 136 cm³/mol. The summed E-state index contributed by atoms with van der Waals surface area (Å²) in [5.74, 6) is -1.80. The van der Waals surface area contributed by atoms with Gasteiger partial charge in [0.2, 0.25) is 5.91 Å². The van der Waals surface area contributed by atoms with Crippen LogP contribution in [0.3, 0.4) is 0 Å². The van der Waals surface area contributed by atoms with Crippen molar-refractivity contribution in [2.45, 2.75) is 31.5 Å². The van der Waals surface area contributed by atoms with Crippen molar-refractivity contribution in [2.24, 2.45) is 13.0 Å². The molecule has 0 bridgehead atoms. The fourth-order valence-electron chi connectivity index (χ4n) is 3.30. The summed E-state index contributed by atoms with van der Waals surface area (Å²) in [4.78, 5) is 25.2. The van der Waals surface area contributed by atoms with Crippen LogP contribution in [0.5, 0.6) is 0 Å². The zero-order valence-corrected chi connectivity index (χ0v) is 22.3. The third-order valence-corrected chi connectivity index (χ3v) is 6.89. The van der Waals surface area contributed by atoms with Crippen LogP contribution in [0, 0.1) is 17.6 Å². The molecule has 186 valence electrons. The van der Waals surface area contributed by atoms with Gasteiger partial charge in [0.1, 0.15) is 5.82 Å². The molecule has 12 heteroatoms. The standard InChI is InChI=1S/C23H23BrClF2N5O2S/c1-12(2)8-18(28-22(34)14-6-4-5-7-16(14)25)21-30-31-23(32(21)3)35-11-19(33)29-20-15(24)9-13(26)10-17(20)27/h4-7,9-10,12,18H,8,11H2,1-3H3,(H,28,34)(H,29,33)/t18-/m0/s1. The van der Waals surface area contributed by atoms with Gasteiger partial charge in [-0.3, -0.25) is 9.59 Å². The number of hydrogen-bond acceptors (Lipinski definition) is 5. The highest BCUT2D eigenvalue weighted by Gasteiger charge is 2.24. The number of benzene rings is 2. The summed E-state index contributed by atoms with van der Waals surface area (Å²) < 4.78 is 29.0.